The molecular formula is C20H22F2N2O4S. The van der Waals surface area contributed by atoms with E-state index in [0.717, 1.165) is 12.1 Å². The van der Waals surface area contributed by atoms with Gasteiger partial charge >= 0.3 is 0 Å². The first-order chi connectivity index (χ1) is 13.7. The molecule has 156 valence electrons. The number of carbonyl (C=O) groups excluding carboxylic acids is 1. The van der Waals surface area contributed by atoms with Crippen molar-refractivity contribution in [3.05, 3.63) is 64.7 Å². The standard InChI is InChI=1S/C20H22F2N2O4S/c1-13-3-4-15(11-19(13)29(26,27)24-7-9-28-10-8-24)20(25)23-14(2)17-6-5-16(21)12-18(17)22/h3-6,11-12,14H,7-10H2,1-2H3,(H,23,25). The van der Waals surface area contributed by atoms with Gasteiger partial charge in [-0.05, 0) is 37.6 Å². The number of amides is 1. The van der Waals surface area contributed by atoms with Crippen LogP contribution in [0.4, 0.5) is 8.78 Å². The normalized spacial score (nSPS) is 16.4. The summed E-state index contributed by atoms with van der Waals surface area (Å²) in [6, 6.07) is 6.78. The summed E-state index contributed by atoms with van der Waals surface area (Å²) < 4.78 is 59.5. The molecule has 1 aliphatic heterocycles. The second-order valence-corrected chi connectivity index (χ2v) is 8.76. The van der Waals surface area contributed by atoms with Gasteiger partial charge in [0.1, 0.15) is 11.6 Å². The molecule has 1 atom stereocenters. The van der Waals surface area contributed by atoms with Gasteiger partial charge < -0.3 is 10.1 Å². The van der Waals surface area contributed by atoms with Crippen molar-refractivity contribution in [2.24, 2.45) is 0 Å². The van der Waals surface area contributed by atoms with Crippen LogP contribution >= 0.6 is 0 Å². The quantitative estimate of drug-likeness (QED) is 0.801. The van der Waals surface area contributed by atoms with E-state index >= 15 is 0 Å². The number of sulfonamides is 1. The molecule has 1 aliphatic rings. The monoisotopic (exact) mass is 424 g/mol. The van der Waals surface area contributed by atoms with Crippen LogP contribution in [0, 0.1) is 18.6 Å². The lowest BCUT2D eigenvalue weighted by Crippen LogP contribution is -2.41. The van der Waals surface area contributed by atoms with Gasteiger partial charge in [-0.1, -0.05) is 12.1 Å². The summed E-state index contributed by atoms with van der Waals surface area (Å²) in [4.78, 5) is 12.7. The molecule has 0 spiro atoms. The Kier molecular flexibility index (Phi) is 6.30. The Morgan fingerprint density at radius 3 is 2.48 bits per heavy atom. The predicted octanol–water partition coefficient (Wildman–Crippen LogP) is 2.79. The topological polar surface area (TPSA) is 75.7 Å². The van der Waals surface area contributed by atoms with Crippen LogP contribution in [0.25, 0.3) is 0 Å². The third-order valence-electron chi connectivity index (χ3n) is 4.81. The zero-order chi connectivity index (χ0) is 21.2. The summed E-state index contributed by atoms with van der Waals surface area (Å²) in [5, 5.41) is 2.62. The Balaban J connectivity index is 1.84. The van der Waals surface area contributed by atoms with Crippen molar-refractivity contribution in [1.29, 1.82) is 0 Å². The Labute approximate surface area is 168 Å². The van der Waals surface area contributed by atoms with E-state index in [0.29, 0.717) is 18.8 Å². The van der Waals surface area contributed by atoms with Gasteiger partial charge in [0, 0.05) is 30.3 Å². The van der Waals surface area contributed by atoms with Crippen LogP contribution in [-0.2, 0) is 14.8 Å². The highest BCUT2D eigenvalue weighted by molar-refractivity contribution is 7.89. The zero-order valence-electron chi connectivity index (χ0n) is 16.1. The summed E-state index contributed by atoms with van der Waals surface area (Å²) in [6.45, 7) is 4.36. The van der Waals surface area contributed by atoms with E-state index < -0.39 is 33.6 Å². The maximum atomic E-state index is 13.9. The van der Waals surface area contributed by atoms with Gasteiger partial charge in [-0.2, -0.15) is 4.31 Å². The molecule has 6 nitrogen and oxygen atoms in total. The van der Waals surface area contributed by atoms with Crippen molar-refractivity contribution >= 4 is 15.9 Å². The molecule has 0 aliphatic carbocycles. The molecule has 1 N–H and O–H groups in total. The minimum absolute atomic E-state index is 0.0488. The van der Waals surface area contributed by atoms with Gasteiger partial charge in [0.15, 0.2) is 0 Å². The lowest BCUT2D eigenvalue weighted by Gasteiger charge is -2.27. The molecule has 1 saturated heterocycles. The van der Waals surface area contributed by atoms with E-state index in [2.05, 4.69) is 5.32 Å². The van der Waals surface area contributed by atoms with Gasteiger partial charge in [0.25, 0.3) is 5.91 Å². The molecule has 0 saturated carbocycles. The number of halogens is 2. The zero-order valence-corrected chi connectivity index (χ0v) is 16.9. The van der Waals surface area contributed by atoms with Crippen molar-refractivity contribution in [2.75, 3.05) is 26.3 Å². The number of rotatable bonds is 5. The summed E-state index contributed by atoms with van der Waals surface area (Å²) in [5.74, 6) is -2.03. The van der Waals surface area contributed by atoms with Gasteiger partial charge in [-0.3, -0.25) is 4.79 Å². The molecule has 29 heavy (non-hydrogen) atoms. The fraction of sp³-hybridized carbons (Fsp3) is 0.350. The molecular weight excluding hydrogens is 402 g/mol. The Morgan fingerprint density at radius 1 is 1.14 bits per heavy atom. The fourth-order valence-corrected chi connectivity index (χ4v) is 4.81. The van der Waals surface area contributed by atoms with Crippen molar-refractivity contribution in [3.63, 3.8) is 0 Å². The number of morpholine rings is 1. The molecule has 2 aromatic rings. The van der Waals surface area contributed by atoms with Gasteiger partial charge in [0.05, 0.1) is 24.2 Å². The average molecular weight is 424 g/mol. The summed E-state index contributed by atoms with van der Waals surface area (Å²) >= 11 is 0. The van der Waals surface area contributed by atoms with Gasteiger partial charge in [-0.15, -0.1) is 0 Å². The Hall–Kier alpha value is -2.36. The molecule has 9 heteroatoms. The minimum atomic E-state index is -3.77. The van der Waals surface area contributed by atoms with Crippen LogP contribution in [0.15, 0.2) is 41.3 Å². The van der Waals surface area contributed by atoms with E-state index in [4.69, 9.17) is 4.74 Å². The van der Waals surface area contributed by atoms with Gasteiger partial charge in [-0.25, -0.2) is 17.2 Å². The minimum Gasteiger partial charge on any atom is -0.379 e. The Bertz CT molecular complexity index is 1020. The third-order valence-corrected chi connectivity index (χ3v) is 6.86. The largest absolute Gasteiger partial charge is 0.379 e. The lowest BCUT2D eigenvalue weighted by molar-refractivity contribution is 0.0730. The lowest BCUT2D eigenvalue weighted by atomic mass is 10.1. The summed E-state index contributed by atoms with van der Waals surface area (Å²) in [7, 11) is -3.77. The number of benzene rings is 2. The first kappa shape index (κ1) is 21.4. The fourth-order valence-electron chi connectivity index (χ4n) is 3.16. The third kappa shape index (κ3) is 4.63. The number of hydrogen-bond acceptors (Lipinski definition) is 4. The predicted molar refractivity (Wildman–Crippen MR) is 103 cm³/mol. The molecule has 3 rings (SSSR count). The number of nitrogens with one attached hydrogen (secondary N) is 1. The van der Waals surface area contributed by atoms with Crippen LogP contribution in [-0.4, -0.2) is 44.9 Å². The number of aryl methyl sites for hydroxylation is 1. The maximum Gasteiger partial charge on any atom is 0.251 e. The Morgan fingerprint density at radius 2 is 1.83 bits per heavy atom. The molecule has 0 aromatic heterocycles. The van der Waals surface area contributed by atoms with Crippen LogP contribution in [0.3, 0.4) is 0 Å². The van der Waals surface area contributed by atoms with Crippen LogP contribution in [0.1, 0.15) is 34.5 Å². The highest BCUT2D eigenvalue weighted by Crippen LogP contribution is 2.23. The highest BCUT2D eigenvalue weighted by atomic mass is 32.2. The molecule has 1 amide bonds. The van der Waals surface area contributed by atoms with E-state index in [1.165, 1.54) is 22.5 Å². The summed E-state index contributed by atoms with van der Waals surface area (Å²) in [5.41, 5.74) is 0.787. The van der Waals surface area contributed by atoms with E-state index in [1.54, 1.807) is 19.9 Å². The SMILES string of the molecule is Cc1ccc(C(=O)NC(C)c2ccc(F)cc2F)cc1S(=O)(=O)N1CCOCC1. The number of ether oxygens (including phenoxy) is 1. The first-order valence-electron chi connectivity index (χ1n) is 9.14. The summed E-state index contributed by atoms with van der Waals surface area (Å²) in [6.07, 6.45) is 0. The van der Waals surface area contributed by atoms with Crippen molar-refractivity contribution in [2.45, 2.75) is 24.8 Å². The maximum absolute atomic E-state index is 13.9. The smallest absolute Gasteiger partial charge is 0.251 e. The van der Waals surface area contributed by atoms with E-state index in [-0.39, 0.29) is 29.1 Å². The average Bonchev–Trinajstić information content (AvgIpc) is 2.68. The van der Waals surface area contributed by atoms with Crippen molar-refractivity contribution in [1.82, 2.24) is 9.62 Å². The molecule has 1 unspecified atom stereocenters. The van der Waals surface area contributed by atoms with Crippen LogP contribution in [0.5, 0.6) is 0 Å². The first-order valence-corrected chi connectivity index (χ1v) is 10.6. The van der Waals surface area contributed by atoms with E-state index in [9.17, 15) is 22.0 Å². The van der Waals surface area contributed by atoms with Crippen LogP contribution < -0.4 is 5.32 Å². The molecule has 0 radical (unpaired) electrons. The number of carbonyl (C=O) groups is 1. The molecule has 0 bridgehead atoms. The highest BCUT2D eigenvalue weighted by Gasteiger charge is 2.28. The molecule has 1 heterocycles. The molecule has 1 fully saturated rings. The van der Waals surface area contributed by atoms with Crippen molar-refractivity contribution < 1.29 is 26.7 Å². The van der Waals surface area contributed by atoms with Gasteiger partial charge in [0.2, 0.25) is 10.0 Å². The number of nitrogens with zero attached hydrogens (tertiary/aromatic N) is 1. The van der Waals surface area contributed by atoms with Crippen molar-refractivity contribution in [3.8, 4) is 0 Å². The second kappa shape index (κ2) is 8.56. The molecule has 2 aromatic carbocycles. The number of hydrogen-bond donors (Lipinski definition) is 1. The second-order valence-electron chi connectivity index (χ2n) is 6.86. The van der Waals surface area contributed by atoms with Crippen LogP contribution in [0.2, 0.25) is 0 Å². The van der Waals surface area contributed by atoms with E-state index in [1.807, 2.05) is 0 Å².